The van der Waals surface area contributed by atoms with Crippen LogP contribution in [-0.2, 0) is 7.05 Å². The Bertz CT molecular complexity index is 741. The van der Waals surface area contributed by atoms with Crippen molar-refractivity contribution in [2.75, 3.05) is 11.9 Å². The smallest absolute Gasteiger partial charge is 0.257 e. The van der Waals surface area contributed by atoms with Crippen LogP contribution in [0, 0.1) is 24.6 Å². The van der Waals surface area contributed by atoms with Gasteiger partial charge in [-0.2, -0.15) is 5.10 Å². The Kier molecular flexibility index (Phi) is 4.36. The molecule has 1 amide bonds. The molecule has 0 aliphatic carbocycles. The number of nitrogens with one attached hydrogen (secondary N) is 1. The van der Waals surface area contributed by atoms with Gasteiger partial charge in [-0.15, -0.1) is 0 Å². The predicted octanol–water partition coefficient (Wildman–Crippen LogP) is 1.46. The summed E-state index contributed by atoms with van der Waals surface area (Å²) in [5.74, 6) is 4.06. The Morgan fingerprint density at radius 1 is 1.52 bits per heavy atom. The number of benzene rings is 1. The molecule has 0 unspecified atom stereocenters. The molecular weight excluding hydrogens is 273 g/mol. The first kappa shape index (κ1) is 14.8. The quantitative estimate of drug-likeness (QED) is 0.822. The molecule has 0 spiro atoms. The van der Waals surface area contributed by atoms with Crippen molar-refractivity contribution in [3.8, 4) is 11.8 Å². The molecule has 0 aliphatic rings. The van der Waals surface area contributed by atoms with E-state index in [1.807, 2.05) is 0 Å². The van der Waals surface area contributed by atoms with Gasteiger partial charge in [0.05, 0.1) is 16.9 Å². The van der Waals surface area contributed by atoms with Gasteiger partial charge in [0.2, 0.25) is 0 Å². The lowest BCUT2D eigenvalue weighted by atomic mass is 10.1. The maximum atomic E-state index is 13.4. The summed E-state index contributed by atoms with van der Waals surface area (Å²) >= 11 is 0. The van der Waals surface area contributed by atoms with Crippen LogP contribution in [0.3, 0.4) is 0 Å². The van der Waals surface area contributed by atoms with Gasteiger partial charge in [-0.25, -0.2) is 4.39 Å². The predicted molar refractivity (Wildman–Crippen MR) is 76.3 cm³/mol. The van der Waals surface area contributed by atoms with Crippen molar-refractivity contribution < 1.29 is 14.3 Å². The van der Waals surface area contributed by atoms with E-state index in [-0.39, 0.29) is 12.2 Å². The van der Waals surface area contributed by atoms with Crippen LogP contribution in [0.2, 0.25) is 0 Å². The second-order valence-corrected chi connectivity index (χ2v) is 4.41. The highest BCUT2D eigenvalue weighted by atomic mass is 19.1. The molecule has 6 heteroatoms. The van der Waals surface area contributed by atoms with Gasteiger partial charge in [-0.05, 0) is 25.1 Å². The third-order valence-electron chi connectivity index (χ3n) is 2.79. The van der Waals surface area contributed by atoms with Gasteiger partial charge in [-0.1, -0.05) is 11.8 Å². The van der Waals surface area contributed by atoms with Gasteiger partial charge in [0.15, 0.2) is 0 Å². The minimum Gasteiger partial charge on any atom is -0.384 e. The number of aryl methyl sites for hydroxylation is 2. The molecule has 0 radical (unpaired) electrons. The molecular formula is C15H14FN3O2. The van der Waals surface area contributed by atoms with Crippen LogP contribution in [-0.4, -0.2) is 27.4 Å². The molecule has 108 valence electrons. The van der Waals surface area contributed by atoms with Gasteiger partial charge in [0, 0.05) is 18.8 Å². The van der Waals surface area contributed by atoms with Gasteiger partial charge in [-0.3, -0.25) is 9.48 Å². The molecule has 0 saturated heterocycles. The van der Waals surface area contributed by atoms with E-state index in [0.29, 0.717) is 16.9 Å². The van der Waals surface area contributed by atoms with Crippen LogP contribution in [0.15, 0.2) is 24.4 Å². The molecule has 1 heterocycles. The summed E-state index contributed by atoms with van der Waals surface area (Å²) < 4.78 is 14.9. The summed E-state index contributed by atoms with van der Waals surface area (Å²) in [7, 11) is 1.74. The van der Waals surface area contributed by atoms with Gasteiger partial charge in [0.25, 0.3) is 5.91 Å². The highest BCUT2D eigenvalue weighted by Crippen LogP contribution is 2.16. The average Bonchev–Trinajstić information content (AvgIpc) is 2.75. The van der Waals surface area contributed by atoms with E-state index in [4.69, 9.17) is 5.11 Å². The van der Waals surface area contributed by atoms with Crippen LogP contribution in [0.25, 0.3) is 0 Å². The normalized spacial score (nSPS) is 9.90. The molecule has 21 heavy (non-hydrogen) atoms. The van der Waals surface area contributed by atoms with E-state index in [2.05, 4.69) is 22.3 Å². The monoisotopic (exact) mass is 287 g/mol. The minimum atomic E-state index is -0.530. The highest BCUT2D eigenvalue weighted by molar-refractivity contribution is 6.06. The number of anilines is 1. The maximum Gasteiger partial charge on any atom is 0.257 e. The zero-order chi connectivity index (χ0) is 15.4. The molecule has 2 aromatic rings. The summed E-state index contributed by atoms with van der Waals surface area (Å²) in [6, 6.07) is 3.74. The van der Waals surface area contributed by atoms with Crippen molar-refractivity contribution in [2.45, 2.75) is 6.92 Å². The van der Waals surface area contributed by atoms with Crippen molar-refractivity contribution in [3.63, 3.8) is 0 Å². The lowest BCUT2D eigenvalue weighted by Crippen LogP contribution is -2.14. The first-order chi connectivity index (χ1) is 10.0. The van der Waals surface area contributed by atoms with Crippen molar-refractivity contribution in [1.29, 1.82) is 0 Å². The summed E-state index contributed by atoms with van der Waals surface area (Å²) in [4.78, 5) is 12.3. The molecule has 0 aliphatic heterocycles. The van der Waals surface area contributed by atoms with E-state index in [1.54, 1.807) is 24.9 Å². The molecule has 0 saturated carbocycles. The molecule has 0 fully saturated rings. The summed E-state index contributed by atoms with van der Waals surface area (Å²) in [5.41, 5.74) is 1.67. The molecule has 0 bridgehead atoms. The summed E-state index contributed by atoms with van der Waals surface area (Å²) in [5, 5.41) is 15.5. The Morgan fingerprint density at radius 3 is 2.90 bits per heavy atom. The van der Waals surface area contributed by atoms with Crippen molar-refractivity contribution >= 4 is 11.6 Å². The van der Waals surface area contributed by atoms with Crippen molar-refractivity contribution in [2.24, 2.45) is 7.05 Å². The number of carbonyl (C=O) groups excluding carboxylic acids is 1. The largest absolute Gasteiger partial charge is 0.384 e. The third-order valence-corrected chi connectivity index (χ3v) is 2.79. The third kappa shape index (κ3) is 3.46. The number of aliphatic hydroxyl groups is 1. The summed E-state index contributed by atoms with van der Waals surface area (Å²) in [6.45, 7) is 1.42. The summed E-state index contributed by atoms with van der Waals surface area (Å²) in [6.07, 6.45) is 1.66. The lowest BCUT2D eigenvalue weighted by molar-refractivity contribution is 0.102. The van der Waals surface area contributed by atoms with Gasteiger partial charge < -0.3 is 10.4 Å². The number of rotatable bonds is 2. The Hall–Kier alpha value is -2.65. The number of aliphatic hydroxyl groups excluding tert-OH is 1. The zero-order valence-corrected chi connectivity index (χ0v) is 11.6. The van der Waals surface area contributed by atoms with Gasteiger partial charge in [0.1, 0.15) is 12.4 Å². The standard InChI is InChI=1S/C15H14FN3O2/c1-10-14(9-19(2)18-10)17-15(21)13-8-12(16)6-5-11(13)4-3-7-20/h5-6,8-9,20H,7H2,1-2H3,(H,17,21). The SMILES string of the molecule is Cc1nn(C)cc1NC(=O)c1cc(F)ccc1C#CCO. The van der Waals surface area contributed by atoms with E-state index < -0.39 is 11.7 Å². The zero-order valence-electron chi connectivity index (χ0n) is 11.6. The van der Waals surface area contributed by atoms with Crippen LogP contribution in [0.4, 0.5) is 10.1 Å². The number of amides is 1. The molecule has 2 N–H and O–H groups in total. The molecule has 2 rings (SSSR count). The van der Waals surface area contributed by atoms with Crippen LogP contribution in [0.1, 0.15) is 21.6 Å². The van der Waals surface area contributed by atoms with Crippen LogP contribution in [0.5, 0.6) is 0 Å². The highest BCUT2D eigenvalue weighted by Gasteiger charge is 2.14. The molecule has 1 aromatic carbocycles. The molecule has 1 aromatic heterocycles. The second kappa shape index (κ2) is 6.20. The average molecular weight is 287 g/mol. The Morgan fingerprint density at radius 2 is 2.29 bits per heavy atom. The van der Waals surface area contributed by atoms with Gasteiger partial charge >= 0.3 is 0 Å². The fourth-order valence-electron chi connectivity index (χ4n) is 1.86. The fraction of sp³-hybridized carbons (Fsp3) is 0.200. The van der Waals surface area contributed by atoms with Crippen LogP contribution >= 0.6 is 0 Å². The van der Waals surface area contributed by atoms with Crippen LogP contribution < -0.4 is 5.32 Å². The lowest BCUT2D eigenvalue weighted by Gasteiger charge is -2.06. The number of halogens is 1. The van der Waals surface area contributed by atoms with E-state index >= 15 is 0 Å². The first-order valence-electron chi connectivity index (χ1n) is 6.22. The second-order valence-electron chi connectivity index (χ2n) is 4.41. The first-order valence-corrected chi connectivity index (χ1v) is 6.22. The maximum absolute atomic E-state index is 13.4. The number of nitrogens with zero attached hydrogens (tertiary/aromatic N) is 2. The number of carbonyl (C=O) groups is 1. The van der Waals surface area contributed by atoms with E-state index in [1.165, 1.54) is 12.1 Å². The van der Waals surface area contributed by atoms with Crippen molar-refractivity contribution in [3.05, 3.63) is 47.0 Å². The molecule has 5 nitrogen and oxygen atoms in total. The Balaban J connectivity index is 2.34. The number of aromatic nitrogens is 2. The minimum absolute atomic E-state index is 0.110. The topological polar surface area (TPSA) is 67.2 Å². The Labute approximate surface area is 121 Å². The number of hydrogen-bond donors (Lipinski definition) is 2. The van der Waals surface area contributed by atoms with Crippen molar-refractivity contribution in [1.82, 2.24) is 9.78 Å². The fourth-order valence-corrected chi connectivity index (χ4v) is 1.86. The van der Waals surface area contributed by atoms with E-state index in [9.17, 15) is 9.18 Å². The molecule has 0 atom stereocenters. The number of hydrogen-bond acceptors (Lipinski definition) is 3. The van der Waals surface area contributed by atoms with E-state index in [0.717, 1.165) is 6.07 Å².